The van der Waals surface area contributed by atoms with E-state index in [0.29, 0.717) is 24.1 Å². The van der Waals surface area contributed by atoms with Crippen molar-refractivity contribution in [2.75, 3.05) is 5.32 Å². The van der Waals surface area contributed by atoms with Crippen molar-refractivity contribution in [3.8, 4) is 11.3 Å². The molecule has 178 valence electrons. The molecule has 0 radical (unpaired) electrons. The van der Waals surface area contributed by atoms with Crippen LogP contribution in [0.25, 0.3) is 11.3 Å². The number of nitrogens with zero attached hydrogens (tertiary/aromatic N) is 2. The maximum absolute atomic E-state index is 14.4. The third-order valence-corrected chi connectivity index (χ3v) is 6.28. The first-order valence-electron chi connectivity index (χ1n) is 11.0. The Balaban J connectivity index is 1.64. The number of amides is 1. The summed E-state index contributed by atoms with van der Waals surface area (Å²) in [7, 11) is 0. The van der Waals surface area contributed by atoms with Crippen LogP contribution in [-0.2, 0) is 0 Å². The molecule has 3 aromatic rings. The number of benzene rings is 1. The number of nitrogens with one attached hydrogen (secondary N) is 1. The molecule has 4 rings (SSSR count). The zero-order chi connectivity index (χ0) is 24.6. The van der Waals surface area contributed by atoms with Crippen molar-refractivity contribution in [1.29, 1.82) is 0 Å². The standard InChI is InChI=1S/C25H25F3N4O2/c1-12-7-17(27)22(18(28)8-12)23-16(26)3-4-20(31-23)25(34)32-21-11-30-6-5-15(21)14-9-13(2)24(33)19(29)10-14/h3-8,11,13-14,19,24,33H,9-10,29H2,1-2H3,(H,32,34)/t13-,14+,19+,24-/m0/s1. The smallest absolute Gasteiger partial charge is 0.274 e. The molecule has 0 unspecified atom stereocenters. The molecule has 0 aliphatic heterocycles. The number of carbonyl (C=O) groups excluding carboxylic acids is 1. The monoisotopic (exact) mass is 470 g/mol. The van der Waals surface area contributed by atoms with Crippen LogP contribution >= 0.6 is 0 Å². The Morgan fingerprint density at radius 2 is 1.82 bits per heavy atom. The molecule has 4 atom stereocenters. The summed E-state index contributed by atoms with van der Waals surface area (Å²) in [5.41, 5.74) is 6.22. The number of pyridine rings is 2. The number of hydrogen-bond acceptors (Lipinski definition) is 5. The number of halogens is 3. The largest absolute Gasteiger partial charge is 0.391 e. The second-order valence-electron chi connectivity index (χ2n) is 8.85. The molecule has 9 heteroatoms. The molecule has 4 N–H and O–H groups in total. The van der Waals surface area contributed by atoms with Crippen molar-refractivity contribution >= 4 is 11.6 Å². The first-order chi connectivity index (χ1) is 16.2. The summed E-state index contributed by atoms with van der Waals surface area (Å²) >= 11 is 0. The Kier molecular flexibility index (Phi) is 6.67. The minimum absolute atomic E-state index is 0.0146. The molecule has 1 fully saturated rings. The number of aliphatic hydroxyl groups excluding tert-OH is 1. The van der Waals surface area contributed by atoms with Crippen molar-refractivity contribution in [2.45, 2.75) is 44.8 Å². The number of hydrogen-bond donors (Lipinski definition) is 3. The van der Waals surface area contributed by atoms with Crippen molar-refractivity contribution in [3.05, 3.63) is 77.0 Å². The van der Waals surface area contributed by atoms with E-state index in [1.807, 2.05) is 6.92 Å². The lowest BCUT2D eigenvalue weighted by Crippen LogP contribution is -2.44. The van der Waals surface area contributed by atoms with Crippen LogP contribution in [0.2, 0.25) is 0 Å². The summed E-state index contributed by atoms with van der Waals surface area (Å²) in [4.78, 5) is 21.0. The molecule has 0 spiro atoms. The van der Waals surface area contributed by atoms with E-state index < -0.39 is 46.8 Å². The van der Waals surface area contributed by atoms with E-state index >= 15 is 0 Å². The van der Waals surface area contributed by atoms with E-state index in [9.17, 15) is 23.1 Å². The summed E-state index contributed by atoms with van der Waals surface area (Å²) in [5, 5.41) is 12.9. The fraction of sp³-hybridized carbons (Fsp3) is 0.320. The zero-order valence-electron chi connectivity index (χ0n) is 18.7. The summed E-state index contributed by atoms with van der Waals surface area (Å²) in [5.74, 6) is -3.62. The van der Waals surface area contributed by atoms with Crippen molar-refractivity contribution < 1.29 is 23.1 Å². The van der Waals surface area contributed by atoms with Gasteiger partial charge in [0.15, 0.2) is 0 Å². The van der Waals surface area contributed by atoms with Gasteiger partial charge >= 0.3 is 0 Å². The highest BCUT2D eigenvalue weighted by atomic mass is 19.1. The zero-order valence-corrected chi connectivity index (χ0v) is 18.7. The highest BCUT2D eigenvalue weighted by Gasteiger charge is 2.34. The SMILES string of the molecule is Cc1cc(F)c(-c2nc(C(=O)Nc3cnccc3[C@H]3C[C@@H](N)[C@@H](O)[C@@H](C)C3)ccc2F)c(F)c1. The first-order valence-corrected chi connectivity index (χ1v) is 11.0. The Labute approximate surface area is 195 Å². The second kappa shape index (κ2) is 9.52. The topological polar surface area (TPSA) is 101 Å². The molecule has 6 nitrogen and oxygen atoms in total. The van der Waals surface area contributed by atoms with Gasteiger partial charge < -0.3 is 16.2 Å². The highest BCUT2D eigenvalue weighted by molar-refractivity contribution is 6.03. The quantitative estimate of drug-likeness (QED) is 0.527. The maximum atomic E-state index is 14.4. The number of aliphatic hydroxyl groups is 1. The Morgan fingerprint density at radius 3 is 2.50 bits per heavy atom. The molecule has 34 heavy (non-hydrogen) atoms. The van der Waals surface area contributed by atoms with Crippen LogP contribution in [0.15, 0.2) is 42.7 Å². The molecule has 1 saturated carbocycles. The molecular weight excluding hydrogens is 445 g/mol. The lowest BCUT2D eigenvalue weighted by atomic mass is 9.74. The van der Waals surface area contributed by atoms with Crippen LogP contribution in [-0.4, -0.2) is 33.1 Å². The van der Waals surface area contributed by atoms with Gasteiger partial charge in [-0.25, -0.2) is 18.2 Å². The number of aryl methyl sites for hydroxylation is 1. The van der Waals surface area contributed by atoms with E-state index in [-0.39, 0.29) is 17.5 Å². The van der Waals surface area contributed by atoms with Gasteiger partial charge in [0.05, 0.1) is 23.6 Å². The molecule has 0 saturated heterocycles. The molecule has 0 bridgehead atoms. The fourth-order valence-electron chi connectivity index (χ4n) is 4.55. The average Bonchev–Trinajstić information content (AvgIpc) is 2.78. The third kappa shape index (κ3) is 4.67. The normalized spacial score (nSPS) is 22.4. The molecule has 2 aromatic heterocycles. The van der Waals surface area contributed by atoms with E-state index in [1.54, 1.807) is 12.3 Å². The van der Waals surface area contributed by atoms with Crippen molar-refractivity contribution in [3.63, 3.8) is 0 Å². The van der Waals surface area contributed by atoms with Crippen LogP contribution in [0.5, 0.6) is 0 Å². The van der Waals surface area contributed by atoms with Gasteiger partial charge in [0.2, 0.25) is 0 Å². The second-order valence-corrected chi connectivity index (χ2v) is 8.85. The minimum atomic E-state index is -0.971. The van der Waals surface area contributed by atoms with Gasteiger partial charge in [-0.3, -0.25) is 9.78 Å². The maximum Gasteiger partial charge on any atom is 0.274 e. The predicted octanol–water partition coefficient (Wildman–Crippen LogP) is 4.32. The number of aromatic nitrogens is 2. The fourth-order valence-corrected chi connectivity index (χ4v) is 4.55. The predicted molar refractivity (Wildman–Crippen MR) is 122 cm³/mol. The van der Waals surface area contributed by atoms with Gasteiger partial charge in [0.1, 0.15) is 28.8 Å². The summed E-state index contributed by atoms with van der Waals surface area (Å²) in [6, 6.07) is 5.61. The molecule has 1 amide bonds. The van der Waals surface area contributed by atoms with Crippen LogP contribution in [0.3, 0.4) is 0 Å². The van der Waals surface area contributed by atoms with E-state index in [2.05, 4.69) is 15.3 Å². The van der Waals surface area contributed by atoms with Gasteiger partial charge in [-0.05, 0) is 73.1 Å². The number of anilines is 1. The van der Waals surface area contributed by atoms with E-state index in [4.69, 9.17) is 5.73 Å². The van der Waals surface area contributed by atoms with Crippen LogP contribution in [0.1, 0.15) is 47.3 Å². The minimum Gasteiger partial charge on any atom is -0.391 e. The van der Waals surface area contributed by atoms with Gasteiger partial charge in [0.25, 0.3) is 5.91 Å². The van der Waals surface area contributed by atoms with E-state index in [1.165, 1.54) is 13.1 Å². The number of rotatable bonds is 4. The van der Waals surface area contributed by atoms with Crippen LogP contribution in [0, 0.1) is 30.3 Å². The van der Waals surface area contributed by atoms with Gasteiger partial charge in [-0.2, -0.15) is 0 Å². The summed E-state index contributed by atoms with van der Waals surface area (Å²) in [6.07, 6.45) is 3.69. The Bertz CT molecular complexity index is 1200. The van der Waals surface area contributed by atoms with Crippen LogP contribution < -0.4 is 11.1 Å². The molecule has 1 aromatic carbocycles. The highest BCUT2D eigenvalue weighted by Crippen LogP contribution is 2.38. The van der Waals surface area contributed by atoms with E-state index in [0.717, 1.165) is 29.8 Å². The average molecular weight is 470 g/mol. The number of nitrogens with two attached hydrogens (primary N) is 1. The first kappa shape index (κ1) is 23.8. The lowest BCUT2D eigenvalue weighted by molar-refractivity contribution is 0.0521. The van der Waals surface area contributed by atoms with Gasteiger partial charge in [0, 0.05) is 12.2 Å². The van der Waals surface area contributed by atoms with Crippen LogP contribution in [0.4, 0.5) is 18.9 Å². The number of carbonyl (C=O) groups is 1. The molecule has 1 aliphatic rings. The Hall–Kier alpha value is -3.30. The third-order valence-electron chi connectivity index (χ3n) is 6.28. The summed E-state index contributed by atoms with van der Waals surface area (Å²) < 4.78 is 43.3. The van der Waals surface area contributed by atoms with Gasteiger partial charge in [-0.1, -0.05) is 6.92 Å². The van der Waals surface area contributed by atoms with Crippen molar-refractivity contribution in [1.82, 2.24) is 9.97 Å². The summed E-state index contributed by atoms with van der Waals surface area (Å²) in [6.45, 7) is 3.43. The van der Waals surface area contributed by atoms with Crippen molar-refractivity contribution in [2.24, 2.45) is 11.7 Å². The van der Waals surface area contributed by atoms with Gasteiger partial charge in [-0.15, -0.1) is 0 Å². The molecule has 2 heterocycles. The molecule has 1 aliphatic carbocycles. The lowest BCUT2D eigenvalue weighted by Gasteiger charge is -2.36. The molecular formula is C25H25F3N4O2. The Morgan fingerprint density at radius 1 is 1.12 bits per heavy atom.